The number of nitrogens with two attached hydrogens (primary N) is 1. The number of nitrogens with zero attached hydrogens (tertiary/aromatic N) is 4. The Kier molecular flexibility index (Phi) is 4.16. The van der Waals surface area contributed by atoms with Gasteiger partial charge in [-0.2, -0.15) is 5.26 Å². The standard InChI is InChI=1S/C15H17N5/c1-3-20(10-14-6-4-5-11(2)19-14)15-12(8-16)7-13(17)9-18-15/h4-7,9H,3,10,17H2,1-2H3. The average molecular weight is 267 g/mol. The normalized spacial score (nSPS) is 10.1. The number of aryl methyl sites for hydroxylation is 1. The fourth-order valence-electron chi connectivity index (χ4n) is 2.03. The lowest BCUT2D eigenvalue weighted by molar-refractivity contribution is 0.789. The first-order valence-corrected chi connectivity index (χ1v) is 6.47. The van der Waals surface area contributed by atoms with E-state index in [1.54, 1.807) is 12.3 Å². The zero-order chi connectivity index (χ0) is 14.5. The Labute approximate surface area is 118 Å². The SMILES string of the molecule is CCN(Cc1cccc(C)n1)c1ncc(N)cc1C#N. The first-order valence-electron chi connectivity index (χ1n) is 6.47. The number of aromatic nitrogens is 2. The molecule has 2 N–H and O–H groups in total. The minimum atomic E-state index is 0.486. The second-order valence-corrected chi connectivity index (χ2v) is 4.54. The minimum absolute atomic E-state index is 0.486. The van der Waals surface area contributed by atoms with Gasteiger partial charge in [0.1, 0.15) is 11.9 Å². The highest BCUT2D eigenvalue weighted by atomic mass is 15.2. The molecule has 0 aliphatic rings. The highest BCUT2D eigenvalue weighted by molar-refractivity contribution is 5.58. The maximum atomic E-state index is 9.21. The highest BCUT2D eigenvalue weighted by Crippen LogP contribution is 2.20. The van der Waals surface area contributed by atoms with Crippen molar-refractivity contribution < 1.29 is 0 Å². The van der Waals surface area contributed by atoms with Crippen LogP contribution < -0.4 is 10.6 Å². The molecule has 0 unspecified atom stereocenters. The molecule has 0 saturated heterocycles. The molecule has 0 radical (unpaired) electrons. The van der Waals surface area contributed by atoms with Gasteiger partial charge in [0.25, 0.3) is 0 Å². The molecule has 5 nitrogen and oxygen atoms in total. The molecule has 0 spiro atoms. The Hall–Kier alpha value is -2.61. The number of pyridine rings is 2. The number of rotatable bonds is 4. The summed E-state index contributed by atoms with van der Waals surface area (Å²) in [5.41, 5.74) is 8.58. The topological polar surface area (TPSA) is 78.8 Å². The van der Waals surface area contributed by atoms with Crippen molar-refractivity contribution >= 4 is 11.5 Å². The van der Waals surface area contributed by atoms with Crippen molar-refractivity contribution in [1.82, 2.24) is 9.97 Å². The van der Waals surface area contributed by atoms with Gasteiger partial charge in [0.2, 0.25) is 0 Å². The van der Waals surface area contributed by atoms with Crippen molar-refractivity contribution in [2.45, 2.75) is 20.4 Å². The summed E-state index contributed by atoms with van der Waals surface area (Å²) >= 11 is 0. The summed E-state index contributed by atoms with van der Waals surface area (Å²) in [4.78, 5) is 10.8. The third-order valence-corrected chi connectivity index (χ3v) is 2.99. The molecule has 5 heteroatoms. The second kappa shape index (κ2) is 6.02. The molecule has 20 heavy (non-hydrogen) atoms. The second-order valence-electron chi connectivity index (χ2n) is 4.54. The molecule has 102 valence electrons. The quantitative estimate of drug-likeness (QED) is 0.919. The number of nitrogen functional groups attached to an aromatic ring is 1. The smallest absolute Gasteiger partial charge is 0.146 e. The molecule has 0 atom stereocenters. The van der Waals surface area contributed by atoms with Crippen LogP contribution in [-0.2, 0) is 6.54 Å². The number of anilines is 2. The maximum Gasteiger partial charge on any atom is 0.146 e. The fraction of sp³-hybridized carbons (Fsp3) is 0.267. The monoisotopic (exact) mass is 267 g/mol. The first-order chi connectivity index (χ1) is 9.63. The van der Waals surface area contributed by atoms with E-state index >= 15 is 0 Å². The molecule has 2 rings (SSSR count). The van der Waals surface area contributed by atoms with E-state index in [0.29, 0.717) is 23.6 Å². The number of hydrogen-bond acceptors (Lipinski definition) is 5. The van der Waals surface area contributed by atoms with Gasteiger partial charge in [0.05, 0.1) is 29.7 Å². The third kappa shape index (κ3) is 3.04. The van der Waals surface area contributed by atoms with Gasteiger partial charge in [-0.05, 0) is 32.0 Å². The van der Waals surface area contributed by atoms with E-state index in [-0.39, 0.29) is 0 Å². The predicted molar refractivity (Wildman–Crippen MR) is 79.1 cm³/mol. The van der Waals surface area contributed by atoms with Crippen LogP contribution in [0.15, 0.2) is 30.5 Å². The van der Waals surface area contributed by atoms with Crippen molar-refractivity contribution in [3.05, 3.63) is 47.4 Å². The van der Waals surface area contributed by atoms with Crippen LogP contribution in [0.2, 0.25) is 0 Å². The molecule has 2 heterocycles. The lowest BCUT2D eigenvalue weighted by Crippen LogP contribution is -2.24. The highest BCUT2D eigenvalue weighted by Gasteiger charge is 2.13. The van der Waals surface area contributed by atoms with E-state index in [1.807, 2.05) is 36.9 Å². The van der Waals surface area contributed by atoms with Crippen molar-refractivity contribution in [2.75, 3.05) is 17.2 Å². The molecule has 2 aromatic heterocycles. The molecule has 0 saturated carbocycles. The molecule has 0 amide bonds. The summed E-state index contributed by atoms with van der Waals surface area (Å²) in [6, 6.07) is 9.70. The molecular formula is C15H17N5. The van der Waals surface area contributed by atoms with Crippen LogP contribution >= 0.6 is 0 Å². The molecule has 0 aliphatic heterocycles. The van der Waals surface area contributed by atoms with E-state index in [0.717, 1.165) is 17.9 Å². The van der Waals surface area contributed by atoms with E-state index in [9.17, 15) is 5.26 Å². The average Bonchev–Trinajstić information content (AvgIpc) is 2.45. The van der Waals surface area contributed by atoms with Crippen LogP contribution in [0, 0.1) is 18.3 Å². The lowest BCUT2D eigenvalue weighted by Gasteiger charge is -2.22. The van der Waals surface area contributed by atoms with Gasteiger partial charge in [-0.25, -0.2) is 4.98 Å². The zero-order valence-electron chi connectivity index (χ0n) is 11.7. The van der Waals surface area contributed by atoms with Crippen LogP contribution in [-0.4, -0.2) is 16.5 Å². The van der Waals surface area contributed by atoms with Gasteiger partial charge >= 0.3 is 0 Å². The van der Waals surface area contributed by atoms with Gasteiger partial charge in [0.15, 0.2) is 0 Å². The fourth-order valence-corrected chi connectivity index (χ4v) is 2.03. The Morgan fingerprint density at radius 2 is 2.20 bits per heavy atom. The number of hydrogen-bond donors (Lipinski definition) is 1. The molecule has 0 bridgehead atoms. The van der Waals surface area contributed by atoms with Gasteiger partial charge < -0.3 is 10.6 Å². The summed E-state index contributed by atoms with van der Waals surface area (Å²) in [6.45, 7) is 5.34. The van der Waals surface area contributed by atoms with Gasteiger partial charge in [0, 0.05) is 12.2 Å². The zero-order valence-corrected chi connectivity index (χ0v) is 11.7. The molecule has 0 aliphatic carbocycles. The third-order valence-electron chi connectivity index (χ3n) is 2.99. The van der Waals surface area contributed by atoms with Gasteiger partial charge in [-0.15, -0.1) is 0 Å². The van der Waals surface area contributed by atoms with Crippen molar-refractivity contribution in [3.8, 4) is 6.07 Å². The van der Waals surface area contributed by atoms with Gasteiger partial charge in [-0.3, -0.25) is 4.98 Å². The summed E-state index contributed by atoms with van der Waals surface area (Å²) in [5, 5.41) is 9.21. The minimum Gasteiger partial charge on any atom is -0.397 e. The summed E-state index contributed by atoms with van der Waals surface area (Å²) in [6.07, 6.45) is 1.57. The molecule has 0 aromatic carbocycles. The summed E-state index contributed by atoms with van der Waals surface area (Å²) < 4.78 is 0. The summed E-state index contributed by atoms with van der Waals surface area (Å²) in [5.74, 6) is 0.646. The molecule has 2 aromatic rings. The first kappa shape index (κ1) is 13.8. The van der Waals surface area contributed by atoms with Gasteiger partial charge in [-0.1, -0.05) is 6.07 Å². The van der Waals surface area contributed by atoms with Crippen molar-refractivity contribution in [1.29, 1.82) is 5.26 Å². The van der Waals surface area contributed by atoms with Crippen LogP contribution in [0.5, 0.6) is 0 Å². The maximum absolute atomic E-state index is 9.21. The summed E-state index contributed by atoms with van der Waals surface area (Å²) in [7, 11) is 0. The lowest BCUT2D eigenvalue weighted by atomic mass is 10.2. The Bertz CT molecular complexity index is 645. The van der Waals surface area contributed by atoms with Crippen LogP contribution in [0.4, 0.5) is 11.5 Å². The Balaban J connectivity index is 2.31. The van der Waals surface area contributed by atoms with Crippen LogP contribution in [0.25, 0.3) is 0 Å². The number of nitriles is 1. The van der Waals surface area contributed by atoms with E-state index in [1.165, 1.54) is 0 Å². The van der Waals surface area contributed by atoms with Crippen LogP contribution in [0.1, 0.15) is 23.9 Å². The van der Waals surface area contributed by atoms with E-state index in [2.05, 4.69) is 16.0 Å². The van der Waals surface area contributed by atoms with Crippen molar-refractivity contribution in [2.24, 2.45) is 0 Å². The van der Waals surface area contributed by atoms with Crippen LogP contribution in [0.3, 0.4) is 0 Å². The Morgan fingerprint density at radius 3 is 2.85 bits per heavy atom. The Morgan fingerprint density at radius 1 is 1.40 bits per heavy atom. The molecule has 0 fully saturated rings. The largest absolute Gasteiger partial charge is 0.397 e. The molecular weight excluding hydrogens is 250 g/mol. The van der Waals surface area contributed by atoms with E-state index in [4.69, 9.17) is 5.73 Å². The van der Waals surface area contributed by atoms with E-state index < -0.39 is 0 Å². The van der Waals surface area contributed by atoms with Crippen molar-refractivity contribution in [3.63, 3.8) is 0 Å². The predicted octanol–water partition coefficient (Wildman–Crippen LogP) is 2.27.